The van der Waals surface area contributed by atoms with Gasteiger partial charge in [-0.25, -0.2) is 4.79 Å². The van der Waals surface area contributed by atoms with Gasteiger partial charge in [0.2, 0.25) is 0 Å². The molecule has 4 nitrogen and oxygen atoms in total. The standard InChI is InChI=1S/C16H28O4/c1-5-11(14(18)13(17)7-3)9-16(8-4)10-12(6-2)15(19)20-16/h10-11,13-14,17-18H,5-9H2,1-4H3/t11-,13+,14-,16-/m1/s1. The van der Waals surface area contributed by atoms with Crippen LogP contribution in [0.15, 0.2) is 11.6 Å². The number of carbonyl (C=O) groups is 1. The van der Waals surface area contributed by atoms with E-state index in [1.165, 1.54) is 0 Å². The van der Waals surface area contributed by atoms with Crippen LogP contribution < -0.4 is 0 Å². The molecule has 0 aliphatic carbocycles. The second kappa shape index (κ2) is 7.23. The number of aliphatic hydroxyl groups is 2. The van der Waals surface area contributed by atoms with Gasteiger partial charge in [-0.3, -0.25) is 0 Å². The SMILES string of the molecule is CCC1=C[C@@](CC)(C[C@@H](CC)[C@@H](O)[C@@H](O)CC)OC1=O. The lowest BCUT2D eigenvalue weighted by Gasteiger charge is -2.33. The van der Waals surface area contributed by atoms with Crippen molar-refractivity contribution in [1.29, 1.82) is 0 Å². The molecule has 1 rings (SSSR count). The lowest BCUT2D eigenvalue weighted by Crippen LogP contribution is -2.39. The second-order valence-corrected chi connectivity index (χ2v) is 5.67. The maximum absolute atomic E-state index is 11.8. The van der Waals surface area contributed by atoms with E-state index in [4.69, 9.17) is 4.74 Å². The second-order valence-electron chi connectivity index (χ2n) is 5.67. The number of hydrogen-bond donors (Lipinski definition) is 2. The fourth-order valence-electron chi connectivity index (χ4n) is 2.83. The Hall–Kier alpha value is -0.870. The van der Waals surface area contributed by atoms with Gasteiger partial charge in [0, 0.05) is 5.57 Å². The van der Waals surface area contributed by atoms with Crippen LogP contribution in [0.2, 0.25) is 0 Å². The van der Waals surface area contributed by atoms with Crippen molar-refractivity contribution in [1.82, 2.24) is 0 Å². The van der Waals surface area contributed by atoms with Gasteiger partial charge in [-0.05, 0) is 37.7 Å². The smallest absolute Gasteiger partial charge is 0.334 e. The third kappa shape index (κ3) is 3.61. The van der Waals surface area contributed by atoms with Crippen LogP contribution in [-0.4, -0.2) is 34.0 Å². The van der Waals surface area contributed by atoms with E-state index >= 15 is 0 Å². The first-order chi connectivity index (χ1) is 9.42. The average Bonchev–Trinajstić information content (AvgIpc) is 2.79. The molecule has 0 unspecified atom stereocenters. The molecule has 1 aliphatic heterocycles. The van der Waals surface area contributed by atoms with Crippen LogP contribution in [0.3, 0.4) is 0 Å². The molecule has 0 amide bonds. The summed E-state index contributed by atoms with van der Waals surface area (Å²) in [7, 11) is 0. The number of aliphatic hydroxyl groups excluding tert-OH is 2. The lowest BCUT2D eigenvalue weighted by atomic mass is 9.81. The number of esters is 1. The predicted octanol–water partition coefficient (Wildman–Crippen LogP) is 2.58. The quantitative estimate of drug-likeness (QED) is 0.672. The highest BCUT2D eigenvalue weighted by Gasteiger charge is 2.41. The highest BCUT2D eigenvalue weighted by molar-refractivity contribution is 5.91. The number of cyclic esters (lactones) is 1. The highest BCUT2D eigenvalue weighted by atomic mass is 16.6. The molecule has 0 radical (unpaired) electrons. The Balaban J connectivity index is 2.87. The van der Waals surface area contributed by atoms with Crippen molar-refractivity contribution in [3.63, 3.8) is 0 Å². The molecule has 4 heteroatoms. The highest BCUT2D eigenvalue weighted by Crippen LogP contribution is 2.37. The monoisotopic (exact) mass is 284 g/mol. The van der Waals surface area contributed by atoms with Gasteiger partial charge in [-0.1, -0.05) is 34.1 Å². The molecule has 0 fully saturated rings. The Kier molecular flexibility index (Phi) is 6.21. The largest absolute Gasteiger partial charge is 0.451 e. The molecule has 0 bridgehead atoms. The molecule has 0 saturated carbocycles. The van der Waals surface area contributed by atoms with Crippen LogP contribution in [0.4, 0.5) is 0 Å². The van der Waals surface area contributed by atoms with Crippen molar-refractivity contribution in [3.05, 3.63) is 11.6 Å². The summed E-state index contributed by atoms with van der Waals surface area (Å²) in [5.41, 5.74) is 0.101. The number of hydrogen-bond acceptors (Lipinski definition) is 4. The van der Waals surface area contributed by atoms with Crippen molar-refractivity contribution in [2.24, 2.45) is 5.92 Å². The van der Waals surface area contributed by atoms with Crippen molar-refractivity contribution in [3.8, 4) is 0 Å². The van der Waals surface area contributed by atoms with E-state index in [0.29, 0.717) is 31.3 Å². The average molecular weight is 284 g/mol. The zero-order chi connectivity index (χ0) is 15.3. The summed E-state index contributed by atoms with van der Waals surface area (Å²) in [6.45, 7) is 7.76. The molecule has 4 atom stereocenters. The molecule has 0 saturated heterocycles. The summed E-state index contributed by atoms with van der Waals surface area (Å²) in [4.78, 5) is 11.8. The van der Waals surface area contributed by atoms with Gasteiger partial charge in [0.05, 0.1) is 12.2 Å². The molecule has 1 aliphatic rings. The number of carbonyl (C=O) groups excluding carboxylic acids is 1. The van der Waals surface area contributed by atoms with Crippen molar-refractivity contribution in [2.75, 3.05) is 0 Å². The molecule has 2 N–H and O–H groups in total. The molecular weight excluding hydrogens is 256 g/mol. The Morgan fingerprint density at radius 1 is 1.20 bits per heavy atom. The summed E-state index contributed by atoms with van der Waals surface area (Å²) in [6.07, 6.45) is 3.60. The van der Waals surface area contributed by atoms with E-state index in [1.54, 1.807) is 0 Å². The minimum atomic E-state index is -0.772. The minimum Gasteiger partial charge on any atom is -0.451 e. The van der Waals surface area contributed by atoms with Crippen LogP contribution in [-0.2, 0) is 9.53 Å². The predicted molar refractivity (Wildman–Crippen MR) is 78.2 cm³/mol. The van der Waals surface area contributed by atoms with Crippen LogP contribution in [0, 0.1) is 5.92 Å². The van der Waals surface area contributed by atoms with Gasteiger partial charge in [0.25, 0.3) is 0 Å². The molecule has 20 heavy (non-hydrogen) atoms. The molecule has 1 heterocycles. The molecule has 0 aromatic rings. The first-order valence-electron chi connectivity index (χ1n) is 7.74. The Morgan fingerprint density at radius 3 is 2.25 bits per heavy atom. The Labute approximate surface area is 121 Å². The van der Waals surface area contributed by atoms with Gasteiger partial charge >= 0.3 is 5.97 Å². The Morgan fingerprint density at radius 2 is 1.85 bits per heavy atom. The summed E-state index contributed by atoms with van der Waals surface area (Å²) < 4.78 is 5.57. The van der Waals surface area contributed by atoms with Gasteiger partial charge in [0.15, 0.2) is 0 Å². The first-order valence-corrected chi connectivity index (χ1v) is 7.74. The van der Waals surface area contributed by atoms with Crippen LogP contribution in [0.5, 0.6) is 0 Å². The molecule has 116 valence electrons. The van der Waals surface area contributed by atoms with Gasteiger partial charge in [-0.2, -0.15) is 0 Å². The lowest BCUT2D eigenvalue weighted by molar-refractivity contribution is -0.149. The van der Waals surface area contributed by atoms with Gasteiger partial charge < -0.3 is 14.9 Å². The maximum Gasteiger partial charge on any atom is 0.334 e. The van der Waals surface area contributed by atoms with E-state index in [1.807, 2.05) is 33.8 Å². The molecule has 0 spiro atoms. The van der Waals surface area contributed by atoms with Crippen molar-refractivity contribution in [2.45, 2.75) is 77.6 Å². The first kappa shape index (κ1) is 17.2. The third-order valence-electron chi connectivity index (χ3n) is 4.40. The van der Waals surface area contributed by atoms with Crippen LogP contribution >= 0.6 is 0 Å². The maximum atomic E-state index is 11.8. The fraction of sp³-hybridized carbons (Fsp3) is 0.812. The summed E-state index contributed by atoms with van der Waals surface area (Å²) in [5.74, 6) is -0.320. The number of rotatable bonds is 8. The summed E-state index contributed by atoms with van der Waals surface area (Å²) in [6, 6.07) is 0. The topological polar surface area (TPSA) is 66.8 Å². The van der Waals surface area contributed by atoms with E-state index in [0.717, 1.165) is 6.42 Å². The van der Waals surface area contributed by atoms with Crippen LogP contribution in [0.25, 0.3) is 0 Å². The van der Waals surface area contributed by atoms with E-state index in [-0.39, 0.29) is 11.9 Å². The zero-order valence-corrected chi connectivity index (χ0v) is 13.1. The fourth-order valence-corrected chi connectivity index (χ4v) is 2.83. The van der Waals surface area contributed by atoms with E-state index < -0.39 is 17.8 Å². The third-order valence-corrected chi connectivity index (χ3v) is 4.40. The zero-order valence-electron chi connectivity index (χ0n) is 13.1. The number of ether oxygens (including phenoxy) is 1. The summed E-state index contributed by atoms with van der Waals surface area (Å²) in [5, 5.41) is 20.1. The van der Waals surface area contributed by atoms with E-state index in [9.17, 15) is 15.0 Å². The summed E-state index contributed by atoms with van der Waals surface area (Å²) >= 11 is 0. The van der Waals surface area contributed by atoms with Crippen molar-refractivity contribution < 1.29 is 19.7 Å². The minimum absolute atomic E-state index is 0.0786. The van der Waals surface area contributed by atoms with Gasteiger partial charge in [0.1, 0.15) is 5.60 Å². The molecule has 0 aromatic carbocycles. The molecule has 0 aromatic heterocycles. The van der Waals surface area contributed by atoms with Gasteiger partial charge in [-0.15, -0.1) is 0 Å². The van der Waals surface area contributed by atoms with E-state index in [2.05, 4.69) is 0 Å². The normalized spacial score (nSPS) is 26.9. The van der Waals surface area contributed by atoms with Crippen LogP contribution in [0.1, 0.15) is 59.8 Å². The van der Waals surface area contributed by atoms with Crippen molar-refractivity contribution >= 4 is 5.97 Å². The Bertz CT molecular complexity index is 363. The molecular formula is C16H28O4.